The van der Waals surface area contributed by atoms with Crippen molar-refractivity contribution in [3.63, 3.8) is 0 Å². The highest BCUT2D eigenvalue weighted by molar-refractivity contribution is 5.40. The molecule has 18 heavy (non-hydrogen) atoms. The molecule has 1 N–H and O–H groups in total. The van der Waals surface area contributed by atoms with Gasteiger partial charge in [-0.1, -0.05) is 0 Å². The van der Waals surface area contributed by atoms with E-state index in [0.717, 1.165) is 25.2 Å². The zero-order valence-corrected chi connectivity index (χ0v) is 11.3. The molecule has 6 heteroatoms. The molecule has 0 fully saturated rings. The van der Waals surface area contributed by atoms with Crippen LogP contribution in [0.25, 0.3) is 0 Å². The number of rotatable bonds is 8. The molecule has 0 saturated carbocycles. The largest absolute Gasteiger partial charge is 0.383 e. The van der Waals surface area contributed by atoms with E-state index >= 15 is 0 Å². The quantitative estimate of drug-likeness (QED) is 0.658. The van der Waals surface area contributed by atoms with Crippen LogP contribution in [0.2, 0.25) is 0 Å². The van der Waals surface area contributed by atoms with E-state index in [1.807, 2.05) is 19.0 Å². The van der Waals surface area contributed by atoms with Crippen molar-refractivity contribution in [1.82, 2.24) is 15.1 Å². The van der Waals surface area contributed by atoms with Gasteiger partial charge in [-0.15, -0.1) is 0 Å². The van der Waals surface area contributed by atoms with Crippen molar-refractivity contribution in [3.8, 4) is 0 Å². The Bertz CT molecular complexity index is 403. The molecule has 0 atom stereocenters. The van der Waals surface area contributed by atoms with E-state index < -0.39 is 0 Å². The Morgan fingerprint density at radius 3 is 2.83 bits per heavy atom. The Kier molecular flexibility index (Phi) is 6.38. The summed E-state index contributed by atoms with van der Waals surface area (Å²) in [5.74, 6) is 0. The van der Waals surface area contributed by atoms with Crippen LogP contribution < -0.4 is 15.8 Å². The van der Waals surface area contributed by atoms with Crippen LogP contribution in [-0.2, 0) is 11.3 Å². The van der Waals surface area contributed by atoms with Gasteiger partial charge in [-0.3, -0.25) is 4.79 Å². The first-order valence-electron chi connectivity index (χ1n) is 6.09. The second-order valence-corrected chi connectivity index (χ2v) is 4.27. The molecular weight excluding hydrogens is 232 g/mol. The molecular formula is C12H22N4O2. The highest BCUT2D eigenvalue weighted by Gasteiger charge is 2.01. The molecule has 0 unspecified atom stereocenters. The molecule has 0 bridgehead atoms. The maximum Gasteiger partial charge on any atom is 0.268 e. The average Bonchev–Trinajstić information content (AvgIpc) is 2.35. The second kappa shape index (κ2) is 7.84. The number of anilines is 1. The zero-order valence-electron chi connectivity index (χ0n) is 11.3. The van der Waals surface area contributed by atoms with Crippen LogP contribution >= 0.6 is 0 Å². The first-order chi connectivity index (χ1) is 8.65. The Morgan fingerprint density at radius 2 is 2.22 bits per heavy atom. The first kappa shape index (κ1) is 14.7. The van der Waals surface area contributed by atoms with E-state index in [2.05, 4.69) is 10.4 Å². The third-order valence-corrected chi connectivity index (χ3v) is 2.58. The SMILES string of the molecule is COCCNCCCn1ncc(N(C)C)cc1=O. The summed E-state index contributed by atoms with van der Waals surface area (Å²) in [4.78, 5) is 13.6. The van der Waals surface area contributed by atoms with Gasteiger partial charge in [-0.2, -0.15) is 5.10 Å². The van der Waals surface area contributed by atoms with E-state index in [1.165, 1.54) is 4.68 Å². The fourth-order valence-corrected chi connectivity index (χ4v) is 1.49. The van der Waals surface area contributed by atoms with Gasteiger partial charge in [0.2, 0.25) is 0 Å². The summed E-state index contributed by atoms with van der Waals surface area (Å²) in [6, 6.07) is 1.60. The smallest absolute Gasteiger partial charge is 0.268 e. The molecule has 1 heterocycles. The van der Waals surface area contributed by atoms with E-state index in [1.54, 1.807) is 19.4 Å². The van der Waals surface area contributed by atoms with Crippen molar-refractivity contribution < 1.29 is 4.74 Å². The molecule has 0 aliphatic carbocycles. The molecule has 0 aliphatic rings. The van der Waals surface area contributed by atoms with Gasteiger partial charge in [0.25, 0.3) is 5.56 Å². The number of methoxy groups -OCH3 is 1. The lowest BCUT2D eigenvalue weighted by Gasteiger charge is -2.12. The van der Waals surface area contributed by atoms with Gasteiger partial charge in [0.15, 0.2) is 0 Å². The van der Waals surface area contributed by atoms with Crippen LogP contribution in [0.5, 0.6) is 0 Å². The van der Waals surface area contributed by atoms with Crippen LogP contribution in [0.1, 0.15) is 6.42 Å². The average molecular weight is 254 g/mol. The van der Waals surface area contributed by atoms with Gasteiger partial charge in [0.1, 0.15) is 0 Å². The predicted molar refractivity (Wildman–Crippen MR) is 72.2 cm³/mol. The van der Waals surface area contributed by atoms with E-state index in [4.69, 9.17) is 4.74 Å². The highest BCUT2D eigenvalue weighted by Crippen LogP contribution is 2.03. The van der Waals surface area contributed by atoms with Crippen LogP contribution in [-0.4, -0.2) is 50.7 Å². The van der Waals surface area contributed by atoms with Crippen molar-refractivity contribution in [2.24, 2.45) is 0 Å². The standard InChI is InChI=1S/C12H22N4O2/c1-15(2)11-9-12(17)16(14-10-11)7-4-5-13-6-8-18-3/h9-10,13H,4-8H2,1-3H3. The molecule has 0 radical (unpaired) electrons. The summed E-state index contributed by atoms with van der Waals surface area (Å²) in [5, 5.41) is 7.37. The number of nitrogens with one attached hydrogen (secondary N) is 1. The molecule has 1 rings (SSSR count). The minimum absolute atomic E-state index is 0.0573. The first-order valence-corrected chi connectivity index (χ1v) is 6.09. The molecule has 6 nitrogen and oxygen atoms in total. The van der Waals surface area contributed by atoms with Crippen molar-refractivity contribution in [1.29, 1.82) is 0 Å². The number of aromatic nitrogens is 2. The van der Waals surface area contributed by atoms with Crippen molar-refractivity contribution in [2.45, 2.75) is 13.0 Å². The third-order valence-electron chi connectivity index (χ3n) is 2.58. The Morgan fingerprint density at radius 1 is 1.44 bits per heavy atom. The van der Waals surface area contributed by atoms with Crippen LogP contribution in [0.15, 0.2) is 17.1 Å². The van der Waals surface area contributed by atoms with Gasteiger partial charge >= 0.3 is 0 Å². The Balaban J connectivity index is 2.37. The molecule has 0 spiro atoms. The Labute approximate surface area is 108 Å². The van der Waals surface area contributed by atoms with E-state index in [-0.39, 0.29) is 5.56 Å². The predicted octanol–water partition coefficient (Wildman–Crippen LogP) is -0.0646. The minimum atomic E-state index is -0.0573. The number of nitrogens with zero attached hydrogens (tertiary/aromatic N) is 3. The van der Waals surface area contributed by atoms with Crippen LogP contribution in [0.4, 0.5) is 5.69 Å². The summed E-state index contributed by atoms with van der Waals surface area (Å²) in [6.45, 7) is 3.02. The summed E-state index contributed by atoms with van der Waals surface area (Å²) < 4.78 is 6.42. The monoisotopic (exact) mass is 254 g/mol. The number of hydrogen-bond acceptors (Lipinski definition) is 5. The molecule has 1 aromatic heterocycles. The van der Waals surface area contributed by atoms with Crippen molar-refractivity contribution in [2.75, 3.05) is 45.8 Å². The third kappa shape index (κ3) is 4.85. The van der Waals surface area contributed by atoms with Gasteiger partial charge in [-0.25, -0.2) is 4.68 Å². The number of ether oxygens (including phenoxy) is 1. The molecule has 0 aliphatic heterocycles. The van der Waals surface area contributed by atoms with Gasteiger partial charge in [0, 0.05) is 40.4 Å². The fourth-order valence-electron chi connectivity index (χ4n) is 1.49. The number of aryl methyl sites for hydroxylation is 1. The van der Waals surface area contributed by atoms with E-state index in [0.29, 0.717) is 13.2 Å². The number of hydrogen-bond donors (Lipinski definition) is 1. The molecule has 102 valence electrons. The lowest BCUT2D eigenvalue weighted by atomic mass is 10.4. The van der Waals surface area contributed by atoms with E-state index in [9.17, 15) is 4.79 Å². The van der Waals surface area contributed by atoms with Gasteiger partial charge in [-0.05, 0) is 13.0 Å². The molecule has 0 amide bonds. The lowest BCUT2D eigenvalue weighted by molar-refractivity contribution is 0.199. The lowest BCUT2D eigenvalue weighted by Crippen LogP contribution is -2.27. The minimum Gasteiger partial charge on any atom is -0.383 e. The zero-order chi connectivity index (χ0) is 13.4. The molecule has 0 aromatic carbocycles. The summed E-state index contributed by atoms with van der Waals surface area (Å²) in [6.07, 6.45) is 2.58. The summed E-state index contributed by atoms with van der Waals surface area (Å²) in [5.41, 5.74) is 0.771. The van der Waals surface area contributed by atoms with Crippen LogP contribution in [0.3, 0.4) is 0 Å². The topological polar surface area (TPSA) is 59.4 Å². The van der Waals surface area contributed by atoms with Gasteiger partial charge < -0.3 is 15.0 Å². The Hall–Kier alpha value is -1.40. The maximum absolute atomic E-state index is 11.7. The highest BCUT2D eigenvalue weighted by atomic mass is 16.5. The maximum atomic E-state index is 11.7. The summed E-state index contributed by atoms with van der Waals surface area (Å²) in [7, 11) is 5.46. The molecule has 0 saturated heterocycles. The fraction of sp³-hybridized carbons (Fsp3) is 0.667. The summed E-state index contributed by atoms with van der Waals surface area (Å²) >= 11 is 0. The van der Waals surface area contributed by atoms with Crippen molar-refractivity contribution in [3.05, 3.63) is 22.6 Å². The van der Waals surface area contributed by atoms with Crippen molar-refractivity contribution >= 4 is 5.69 Å². The second-order valence-electron chi connectivity index (χ2n) is 4.27. The molecule has 1 aromatic rings. The normalized spacial score (nSPS) is 10.6. The van der Waals surface area contributed by atoms with Gasteiger partial charge in [0.05, 0.1) is 18.5 Å². The van der Waals surface area contributed by atoms with Crippen LogP contribution in [0, 0.1) is 0 Å².